The summed E-state index contributed by atoms with van der Waals surface area (Å²) in [6, 6.07) is 4.17. The second kappa shape index (κ2) is 4.88. The average molecular weight is 256 g/mol. The number of aryl methyl sites for hydroxylation is 2. The first kappa shape index (κ1) is 12.0. The van der Waals surface area contributed by atoms with Crippen LogP contribution in [0.4, 0.5) is 5.82 Å². The van der Waals surface area contributed by atoms with Gasteiger partial charge in [0.15, 0.2) is 0 Å². The third kappa shape index (κ3) is 2.26. The quantitative estimate of drug-likeness (QED) is 0.805. The Morgan fingerprint density at radius 1 is 1.37 bits per heavy atom. The minimum absolute atomic E-state index is 0.00342. The Kier molecular flexibility index (Phi) is 3.08. The number of fused-ring (bicyclic) bond motifs is 1. The Morgan fingerprint density at radius 3 is 3.11 bits per heavy atom. The van der Waals surface area contributed by atoms with Gasteiger partial charge in [-0.05, 0) is 37.3 Å². The summed E-state index contributed by atoms with van der Waals surface area (Å²) in [5, 5.41) is 12.1. The number of amides is 1. The van der Waals surface area contributed by atoms with Crippen LogP contribution in [0.5, 0.6) is 0 Å². The SMILES string of the molecule is N#Cc1cc2c(nc1N1CCCNC(=O)C1)CCC2. The van der Waals surface area contributed by atoms with Crippen molar-refractivity contribution in [2.24, 2.45) is 0 Å². The largest absolute Gasteiger partial charge is 0.354 e. The van der Waals surface area contributed by atoms with Crippen LogP contribution in [0.25, 0.3) is 0 Å². The zero-order valence-electron chi connectivity index (χ0n) is 10.8. The molecular formula is C14H16N4O. The molecule has 1 saturated heterocycles. The summed E-state index contributed by atoms with van der Waals surface area (Å²) >= 11 is 0. The molecule has 0 aromatic carbocycles. The molecule has 0 unspecified atom stereocenters. The maximum absolute atomic E-state index is 11.6. The molecule has 0 atom stereocenters. The number of rotatable bonds is 1. The lowest BCUT2D eigenvalue weighted by Crippen LogP contribution is -2.34. The monoisotopic (exact) mass is 256 g/mol. The number of hydrogen-bond acceptors (Lipinski definition) is 4. The maximum Gasteiger partial charge on any atom is 0.239 e. The van der Waals surface area contributed by atoms with Crippen LogP contribution in [-0.2, 0) is 17.6 Å². The lowest BCUT2D eigenvalue weighted by Gasteiger charge is -2.22. The van der Waals surface area contributed by atoms with E-state index in [4.69, 9.17) is 0 Å². The lowest BCUT2D eigenvalue weighted by atomic mass is 10.1. The van der Waals surface area contributed by atoms with Gasteiger partial charge in [0, 0.05) is 18.8 Å². The topological polar surface area (TPSA) is 69.0 Å². The van der Waals surface area contributed by atoms with Crippen molar-refractivity contribution < 1.29 is 4.79 Å². The number of hydrogen-bond donors (Lipinski definition) is 1. The van der Waals surface area contributed by atoms with Crippen LogP contribution in [0.2, 0.25) is 0 Å². The fourth-order valence-corrected chi connectivity index (χ4v) is 2.77. The predicted octanol–water partition coefficient (Wildman–Crippen LogP) is 0.768. The number of nitriles is 1. The summed E-state index contributed by atoms with van der Waals surface area (Å²) in [6.45, 7) is 1.75. The number of anilines is 1. The van der Waals surface area contributed by atoms with Crippen LogP contribution in [0, 0.1) is 11.3 Å². The summed E-state index contributed by atoms with van der Waals surface area (Å²) in [5.41, 5.74) is 2.88. The number of aromatic nitrogens is 1. The van der Waals surface area contributed by atoms with Gasteiger partial charge in [0.1, 0.15) is 11.9 Å². The molecule has 1 aromatic heterocycles. The number of nitrogens with zero attached hydrogens (tertiary/aromatic N) is 3. The van der Waals surface area contributed by atoms with E-state index in [1.54, 1.807) is 0 Å². The van der Waals surface area contributed by atoms with Crippen LogP contribution < -0.4 is 10.2 Å². The van der Waals surface area contributed by atoms with E-state index in [9.17, 15) is 10.1 Å². The molecule has 0 spiro atoms. The average Bonchev–Trinajstić information content (AvgIpc) is 2.77. The van der Waals surface area contributed by atoms with Crippen LogP contribution in [0.1, 0.15) is 29.7 Å². The van der Waals surface area contributed by atoms with E-state index in [0.717, 1.165) is 37.9 Å². The van der Waals surface area contributed by atoms with Gasteiger partial charge in [0.2, 0.25) is 5.91 Å². The van der Waals surface area contributed by atoms with E-state index in [1.807, 2.05) is 11.0 Å². The minimum atomic E-state index is 0.00342. The second-order valence-electron chi connectivity index (χ2n) is 5.06. The van der Waals surface area contributed by atoms with Gasteiger partial charge >= 0.3 is 0 Å². The van der Waals surface area contributed by atoms with Crippen LogP contribution >= 0.6 is 0 Å². The van der Waals surface area contributed by atoms with Crippen molar-refractivity contribution in [3.05, 3.63) is 22.9 Å². The van der Waals surface area contributed by atoms with Gasteiger partial charge in [0.05, 0.1) is 12.1 Å². The molecule has 0 saturated carbocycles. The molecule has 98 valence electrons. The van der Waals surface area contributed by atoms with Crippen molar-refractivity contribution >= 4 is 11.7 Å². The molecule has 0 bridgehead atoms. The molecule has 1 aliphatic heterocycles. The summed E-state index contributed by atoms with van der Waals surface area (Å²) < 4.78 is 0. The van der Waals surface area contributed by atoms with E-state index in [2.05, 4.69) is 16.4 Å². The lowest BCUT2D eigenvalue weighted by molar-refractivity contribution is -0.119. The van der Waals surface area contributed by atoms with Crippen LogP contribution in [0.15, 0.2) is 6.07 Å². The van der Waals surface area contributed by atoms with E-state index in [-0.39, 0.29) is 5.91 Å². The van der Waals surface area contributed by atoms with Gasteiger partial charge in [-0.1, -0.05) is 0 Å². The Labute approximate surface area is 112 Å². The van der Waals surface area contributed by atoms with Crippen molar-refractivity contribution in [1.82, 2.24) is 10.3 Å². The Hall–Kier alpha value is -2.09. The fraction of sp³-hybridized carbons (Fsp3) is 0.500. The Balaban J connectivity index is 1.99. The molecule has 1 aromatic rings. The molecule has 3 rings (SSSR count). The zero-order valence-corrected chi connectivity index (χ0v) is 10.8. The first-order valence-corrected chi connectivity index (χ1v) is 6.72. The number of carbonyl (C=O) groups excluding carboxylic acids is 1. The van der Waals surface area contributed by atoms with E-state index in [0.29, 0.717) is 24.5 Å². The molecule has 1 amide bonds. The highest BCUT2D eigenvalue weighted by Gasteiger charge is 2.22. The molecule has 1 N–H and O–H groups in total. The zero-order chi connectivity index (χ0) is 13.2. The number of carbonyl (C=O) groups is 1. The van der Waals surface area contributed by atoms with Crippen LogP contribution in [0.3, 0.4) is 0 Å². The smallest absolute Gasteiger partial charge is 0.239 e. The normalized spacial score (nSPS) is 18.5. The highest BCUT2D eigenvalue weighted by Crippen LogP contribution is 2.27. The molecule has 5 nitrogen and oxygen atoms in total. The minimum Gasteiger partial charge on any atom is -0.354 e. The molecular weight excluding hydrogens is 240 g/mol. The van der Waals surface area contributed by atoms with Crippen molar-refractivity contribution in [2.45, 2.75) is 25.7 Å². The van der Waals surface area contributed by atoms with E-state index < -0.39 is 0 Å². The van der Waals surface area contributed by atoms with Gasteiger partial charge in [-0.3, -0.25) is 4.79 Å². The van der Waals surface area contributed by atoms with Gasteiger partial charge in [-0.2, -0.15) is 5.26 Å². The summed E-state index contributed by atoms with van der Waals surface area (Å²) in [4.78, 5) is 18.2. The first-order valence-electron chi connectivity index (χ1n) is 6.72. The maximum atomic E-state index is 11.6. The summed E-state index contributed by atoms with van der Waals surface area (Å²) in [7, 11) is 0. The van der Waals surface area contributed by atoms with Crippen molar-refractivity contribution in [1.29, 1.82) is 5.26 Å². The fourth-order valence-electron chi connectivity index (χ4n) is 2.77. The standard InChI is InChI=1S/C14H16N4O/c15-8-11-7-10-3-1-4-12(10)17-14(11)18-6-2-5-16-13(19)9-18/h7H,1-6,9H2,(H,16,19). The third-order valence-electron chi connectivity index (χ3n) is 3.71. The highest BCUT2D eigenvalue weighted by molar-refractivity contribution is 5.82. The Morgan fingerprint density at radius 2 is 2.26 bits per heavy atom. The van der Waals surface area contributed by atoms with Crippen molar-refractivity contribution in [2.75, 3.05) is 24.5 Å². The molecule has 1 fully saturated rings. The van der Waals surface area contributed by atoms with E-state index in [1.165, 1.54) is 5.56 Å². The van der Waals surface area contributed by atoms with Gasteiger partial charge in [0.25, 0.3) is 0 Å². The molecule has 19 heavy (non-hydrogen) atoms. The molecule has 0 radical (unpaired) electrons. The molecule has 1 aliphatic carbocycles. The van der Waals surface area contributed by atoms with Gasteiger partial charge < -0.3 is 10.2 Å². The van der Waals surface area contributed by atoms with E-state index >= 15 is 0 Å². The van der Waals surface area contributed by atoms with Crippen molar-refractivity contribution in [3.8, 4) is 6.07 Å². The molecule has 2 heterocycles. The third-order valence-corrected chi connectivity index (χ3v) is 3.71. The second-order valence-corrected chi connectivity index (χ2v) is 5.06. The van der Waals surface area contributed by atoms with Gasteiger partial charge in [-0.25, -0.2) is 4.98 Å². The molecule has 5 heteroatoms. The first-order chi connectivity index (χ1) is 9.28. The molecule has 2 aliphatic rings. The number of nitrogens with one attached hydrogen (secondary N) is 1. The highest BCUT2D eigenvalue weighted by atomic mass is 16.2. The van der Waals surface area contributed by atoms with Gasteiger partial charge in [-0.15, -0.1) is 0 Å². The van der Waals surface area contributed by atoms with Crippen molar-refractivity contribution in [3.63, 3.8) is 0 Å². The van der Waals surface area contributed by atoms with Crippen LogP contribution in [-0.4, -0.2) is 30.5 Å². The Bertz CT molecular complexity index is 561. The number of pyridine rings is 1. The predicted molar refractivity (Wildman–Crippen MR) is 70.8 cm³/mol. The summed E-state index contributed by atoms with van der Waals surface area (Å²) in [6.07, 6.45) is 3.98. The summed E-state index contributed by atoms with van der Waals surface area (Å²) in [5.74, 6) is 0.684.